The number of halogens is 1. The van der Waals surface area contributed by atoms with Gasteiger partial charge in [0.2, 0.25) is 0 Å². The lowest BCUT2D eigenvalue weighted by Gasteiger charge is -2.21. The van der Waals surface area contributed by atoms with E-state index in [1.54, 1.807) is 0 Å². The number of pyridine rings is 1. The molecule has 1 aromatic carbocycles. The Morgan fingerprint density at radius 1 is 1.24 bits per heavy atom. The highest BCUT2D eigenvalue weighted by molar-refractivity contribution is 6.31. The molecule has 0 radical (unpaired) electrons. The zero-order chi connectivity index (χ0) is 15.6. The monoisotopic (exact) mass is 304 g/mol. The van der Waals surface area contributed by atoms with Crippen LogP contribution in [0, 0.1) is 0 Å². The van der Waals surface area contributed by atoms with Crippen LogP contribution in [-0.4, -0.2) is 11.0 Å². The summed E-state index contributed by atoms with van der Waals surface area (Å²) >= 11 is 6.16. The number of nitrogens with zero attached hydrogens (tertiary/aromatic N) is 1. The van der Waals surface area contributed by atoms with Crippen molar-refractivity contribution in [3.05, 3.63) is 40.5 Å². The Bertz CT molecular complexity index is 629. The fraction of sp³-hybridized carbons (Fsp3) is 0.500. The van der Waals surface area contributed by atoms with Gasteiger partial charge in [-0.2, -0.15) is 0 Å². The van der Waals surface area contributed by atoms with Gasteiger partial charge in [0, 0.05) is 34.1 Å². The highest BCUT2D eigenvalue weighted by atomic mass is 35.5. The van der Waals surface area contributed by atoms with Gasteiger partial charge in [0.15, 0.2) is 0 Å². The van der Waals surface area contributed by atoms with Crippen LogP contribution in [-0.2, 0) is 12.0 Å². The molecule has 0 spiro atoms. The van der Waals surface area contributed by atoms with Crippen molar-refractivity contribution in [2.24, 2.45) is 0 Å². The van der Waals surface area contributed by atoms with Crippen LogP contribution in [0.5, 0.6) is 0 Å². The second kappa shape index (κ2) is 6.33. The molecule has 0 fully saturated rings. The highest BCUT2D eigenvalue weighted by Crippen LogP contribution is 2.28. The van der Waals surface area contributed by atoms with Crippen LogP contribution in [0.25, 0.3) is 10.9 Å². The third kappa shape index (κ3) is 3.96. The molecular formula is C18H25ClN2. The number of fused-ring (bicyclic) bond motifs is 1. The van der Waals surface area contributed by atoms with Crippen molar-refractivity contribution in [3.8, 4) is 0 Å². The molecule has 0 bridgehead atoms. The standard InChI is InChI=1S/C18H25ClN2/c1-6-12(2)20-11-13-9-17(18(3,4)5)21-16-8-7-14(19)10-15(13)16/h7-10,12,20H,6,11H2,1-5H3. The van der Waals surface area contributed by atoms with Crippen molar-refractivity contribution in [3.63, 3.8) is 0 Å². The Morgan fingerprint density at radius 2 is 1.95 bits per heavy atom. The lowest BCUT2D eigenvalue weighted by molar-refractivity contribution is 0.532. The van der Waals surface area contributed by atoms with Crippen molar-refractivity contribution in [2.75, 3.05) is 0 Å². The largest absolute Gasteiger partial charge is 0.310 e. The first kappa shape index (κ1) is 16.3. The van der Waals surface area contributed by atoms with Crippen molar-refractivity contribution in [1.29, 1.82) is 0 Å². The van der Waals surface area contributed by atoms with Gasteiger partial charge in [-0.25, -0.2) is 0 Å². The van der Waals surface area contributed by atoms with Crippen LogP contribution in [0.2, 0.25) is 5.02 Å². The quantitative estimate of drug-likeness (QED) is 0.852. The Hall–Kier alpha value is -1.12. The summed E-state index contributed by atoms with van der Waals surface area (Å²) in [5.41, 5.74) is 3.46. The molecule has 1 unspecified atom stereocenters. The summed E-state index contributed by atoms with van der Waals surface area (Å²) in [5, 5.41) is 5.47. The molecule has 114 valence electrons. The predicted octanol–water partition coefficient (Wildman–Crippen LogP) is 5.07. The van der Waals surface area contributed by atoms with Crippen LogP contribution >= 0.6 is 11.6 Å². The Balaban J connectivity index is 2.50. The Morgan fingerprint density at radius 3 is 2.57 bits per heavy atom. The van der Waals surface area contributed by atoms with Crippen molar-refractivity contribution < 1.29 is 0 Å². The number of hydrogen-bond donors (Lipinski definition) is 1. The summed E-state index contributed by atoms with van der Waals surface area (Å²) in [5.74, 6) is 0. The molecule has 1 N–H and O–H groups in total. The van der Waals surface area contributed by atoms with Crippen LogP contribution < -0.4 is 5.32 Å². The molecule has 21 heavy (non-hydrogen) atoms. The van der Waals surface area contributed by atoms with E-state index in [0.717, 1.165) is 34.6 Å². The van der Waals surface area contributed by atoms with E-state index >= 15 is 0 Å². The van der Waals surface area contributed by atoms with Gasteiger partial charge in [0.1, 0.15) is 0 Å². The van der Waals surface area contributed by atoms with E-state index in [2.05, 4.69) is 46.0 Å². The summed E-state index contributed by atoms with van der Waals surface area (Å²) in [6.45, 7) is 11.8. The highest BCUT2D eigenvalue weighted by Gasteiger charge is 2.18. The SMILES string of the molecule is CCC(C)NCc1cc(C(C)(C)C)nc2ccc(Cl)cc12. The van der Waals surface area contributed by atoms with Gasteiger partial charge in [0.25, 0.3) is 0 Å². The zero-order valence-corrected chi connectivity index (χ0v) is 14.4. The van der Waals surface area contributed by atoms with Gasteiger partial charge < -0.3 is 5.32 Å². The first-order chi connectivity index (χ1) is 9.81. The van der Waals surface area contributed by atoms with Crippen molar-refractivity contribution in [2.45, 2.75) is 59.0 Å². The van der Waals surface area contributed by atoms with E-state index in [1.165, 1.54) is 5.56 Å². The van der Waals surface area contributed by atoms with Gasteiger partial charge in [-0.1, -0.05) is 39.3 Å². The molecule has 1 atom stereocenters. The smallest absolute Gasteiger partial charge is 0.0709 e. The molecule has 0 aliphatic rings. The van der Waals surface area contributed by atoms with E-state index in [0.29, 0.717) is 6.04 Å². The first-order valence-electron chi connectivity index (χ1n) is 7.64. The van der Waals surface area contributed by atoms with Gasteiger partial charge >= 0.3 is 0 Å². The molecule has 3 heteroatoms. The Labute approximate surface area is 132 Å². The minimum atomic E-state index is 0.0406. The molecule has 0 amide bonds. The Kier molecular flexibility index (Phi) is 4.90. The number of benzene rings is 1. The molecule has 1 heterocycles. The molecule has 0 saturated carbocycles. The zero-order valence-electron chi connectivity index (χ0n) is 13.6. The average molecular weight is 305 g/mol. The second-order valence-corrected chi connectivity index (χ2v) is 7.20. The molecule has 1 aromatic heterocycles. The predicted molar refractivity (Wildman–Crippen MR) is 92.0 cm³/mol. The van der Waals surface area contributed by atoms with Gasteiger partial charge in [0.05, 0.1) is 5.52 Å². The maximum Gasteiger partial charge on any atom is 0.0709 e. The summed E-state index contributed by atoms with van der Waals surface area (Å²) in [6, 6.07) is 8.66. The molecular weight excluding hydrogens is 280 g/mol. The van der Waals surface area contributed by atoms with Crippen molar-refractivity contribution >= 4 is 22.5 Å². The topological polar surface area (TPSA) is 24.9 Å². The van der Waals surface area contributed by atoms with E-state index < -0.39 is 0 Å². The third-order valence-corrected chi connectivity index (χ3v) is 4.11. The number of hydrogen-bond acceptors (Lipinski definition) is 2. The molecule has 2 aromatic rings. The van der Waals surface area contributed by atoms with E-state index in [-0.39, 0.29) is 5.41 Å². The lowest BCUT2D eigenvalue weighted by atomic mass is 9.90. The number of nitrogens with one attached hydrogen (secondary N) is 1. The molecule has 2 rings (SSSR count). The maximum absolute atomic E-state index is 6.16. The van der Waals surface area contributed by atoms with Crippen LogP contribution in [0.1, 0.15) is 52.3 Å². The summed E-state index contributed by atoms with van der Waals surface area (Å²) in [7, 11) is 0. The van der Waals surface area contributed by atoms with Gasteiger partial charge in [-0.3, -0.25) is 4.98 Å². The van der Waals surface area contributed by atoms with Crippen LogP contribution in [0.4, 0.5) is 0 Å². The average Bonchev–Trinajstić information content (AvgIpc) is 2.43. The first-order valence-corrected chi connectivity index (χ1v) is 8.02. The summed E-state index contributed by atoms with van der Waals surface area (Å²) in [6.07, 6.45) is 1.12. The van der Waals surface area contributed by atoms with Gasteiger partial charge in [-0.15, -0.1) is 0 Å². The fourth-order valence-electron chi connectivity index (χ4n) is 2.23. The minimum absolute atomic E-state index is 0.0406. The molecule has 0 aliphatic heterocycles. The molecule has 2 nitrogen and oxygen atoms in total. The summed E-state index contributed by atoms with van der Waals surface area (Å²) in [4.78, 5) is 4.81. The number of aromatic nitrogens is 1. The third-order valence-electron chi connectivity index (χ3n) is 3.88. The van der Waals surface area contributed by atoms with Crippen LogP contribution in [0.3, 0.4) is 0 Å². The normalized spacial score (nSPS) is 13.6. The molecule has 0 aliphatic carbocycles. The van der Waals surface area contributed by atoms with E-state index in [9.17, 15) is 0 Å². The fourth-order valence-corrected chi connectivity index (χ4v) is 2.40. The number of rotatable bonds is 4. The minimum Gasteiger partial charge on any atom is -0.310 e. The van der Waals surface area contributed by atoms with Crippen LogP contribution in [0.15, 0.2) is 24.3 Å². The second-order valence-electron chi connectivity index (χ2n) is 6.77. The van der Waals surface area contributed by atoms with E-state index in [4.69, 9.17) is 16.6 Å². The van der Waals surface area contributed by atoms with E-state index in [1.807, 2.05) is 18.2 Å². The summed E-state index contributed by atoms with van der Waals surface area (Å²) < 4.78 is 0. The van der Waals surface area contributed by atoms with Gasteiger partial charge in [-0.05, 0) is 43.2 Å². The molecule has 0 saturated heterocycles. The lowest BCUT2D eigenvalue weighted by Crippen LogP contribution is -2.25. The maximum atomic E-state index is 6.16. The van der Waals surface area contributed by atoms with Crippen molar-refractivity contribution in [1.82, 2.24) is 10.3 Å².